The molecule has 0 radical (unpaired) electrons. The van der Waals surface area contributed by atoms with Crippen molar-refractivity contribution in [3.63, 3.8) is 0 Å². The Bertz CT molecular complexity index is 294. The number of carbonyl (C=O) groups excluding carboxylic acids is 1. The Labute approximate surface area is 76.3 Å². The molecule has 0 bridgehead atoms. The standard InChI is InChI=1S/C9H11NO3/c1-7(11)10(13-2)8-3-5-9(12)6-4-8/h3-6,12H,1-2H3. The van der Waals surface area contributed by atoms with Crippen molar-refractivity contribution < 1.29 is 14.7 Å². The summed E-state index contributed by atoms with van der Waals surface area (Å²) in [5.74, 6) is -0.0588. The Balaban J connectivity index is 2.92. The lowest BCUT2D eigenvalue weighted by molar-refractivity contribution is -0.122. The average molecular weight is 181 g/mol. The van der Waals surface area contributed by atoms with Crippen LogP contribution < -0.4 is 5.06 Å². The lowest BCUT2D eigenvalue weighted by Gasteiger charge is -2.17. The van der Waals surface area contributed by atoms with Gasteiger partial charge in [-0.3, -0.25) is 9.63 Å². The number of hydrogen-bond acceptors (Lipinski definition) is 3. The molecule has 1 rings (SSSR count). The van der Waals surface area contributed by atoms with E-state index in [1.807, 2.05) is 0 Å². The molecular weight excluding hydrogens is 170 g/mol. The predicted octanol–water partition coefficient (Wildman–Crippen LogP) is 1.31. The van der Waals surface area contributed by atoms with Crippen LogP contribution in [0.2, 0.25) is 0 Å². The maximum absolute atomic E-state index is 11.0. The fourth-order valence-corrected chi connectivity index (χ4v) is 1.00. The predicted molar refractivity (Wildman–Crippen MR) is 48.3 cm³/mol. The Kier molecular flexibility index (Phi) is 2.87. The number of hydrogen-bond donors (Lipinski definition) is 1. The number of hydroxylamine groups is 1. The molecule has 0 spiro atoms. The second-order valence-corrected chi connectivity index (χ2v) is 2.51. The van der Waals surface area contributed by atoms with Crippen LogP contribution in [-0.4, -0.2) is 18.1 Å². The summed E-state index contributed by atoms with van der Waals surface area (Å²) >= 11 is 0. The quantitative estimate of drug-likeness (QED) is 0.700. The van der Waals surface area contributed by atoms with Gasteiger partial charge in [-0.2, -0.15) is 5.06 Å². The van der Waals surface area contributed by atoms with Gasteiger partial charge in [0.15, 0.2) is 0 Å². The first-order chi connectivity index (χ1) is 6.15. The van der Waals surface area contributed by atoms with Gasteiger partial charge in [0.2, 0.25) is 5.91 Å². The van der Waals surface area contributed by atoms with Crippen LogP contribution in [0, 0.1) is 0 Å². The largest absolute Gasteiger partial charge is 0.508 e. The zero-order chi connectivity index (χ0) is 9.84. The Morgan fingerprint density at radius 1 is 1.38 bits per heavy atom. The molecule has 1 aromatic rings. The van der Waals surface area contributed by atoms with Crippen LogP contribution in [0.4, 0.5) is 5.69 Å². The highest BCUT2D eigenvalue weighted by molar-refractivity contribution is 5.89. The maximum atomic E-state index is 11.0. The van der Waals surface area contributed by atoms with E-state index >= 15 is 0 Å². The number of carbonyl (C=O) groups is 1. The SMILES string of the molecule is CON(C(C)=O)c1ccc(O)cc1. The van der Waals surface area contributed by atoms with E-state index in [1.54, 1.807) is 12.1 Å². The van der Waals surface area contributed by atoms with Gasteiger partial charge in [-0.05, 0) is 24.3 Å². The minimum atomic E-state index is -0.215. The number of phenolic OH excluding ortho intramolecular Hbond substituents is 1. The molecule has 4 nitrogen and oxygen atoms in total. The summed E-state index contributed by atoms with van der Waals surface area (Å²) in [6, 6.07) is 6.18. The number of benzene rings is 1. The molecule has 0 unspecified atom stereocenters. The van der Waals surface area contributed by atoms with Crippen molar-refractivity contribution in [1.82, 2.24) is 0 Å². The molecule has 0 aliphatic carbocycles. The van der Waals surface area contributed by atoms with Gasteiger partial charge in [-0.25, -0.2) is 0 Å². The minimum absolute atomic E-state index is 0.156. The second kappa shape index (κ2) is 3.91. The van der Waals surface area contributed by atoms with Crippen LogP contribution in [0.15, 0.2) is 24.3 Å². The summed E-state index contributed by atoms with van der Waals surface area (Å²) in [6.45, 7) is 1.40. The van der Waals surface area contributed by atoms with Crippen LogP contribution in [0.3, 0.4) is 0 Å². The van der Waals surface area contributed by atoms with Gasteiger partial charge in [0.05, 0.1) is 12.8 Å². The number of nitrogens with zero attached hydrogens (tertiary/aromatic N) is 1. The van der Waals surface area contributed by atoms with Crippen molar-refractivity contribution in [2.24, 2.45) is 0 Å². The Morgan fingerprint density at radius 2 is 1.92 bits per heavy atom. The van der Waals surface area contributed by atoms with Crippen LogP contribution in [0.5, 0.6) is 5.75 Å². The molecule has 0 heterocycles. The Hall–Kier alpha value is -1.55. The summed E-state index contributed by atoms with van der Waals surface area (Å²) in [5, 5.41) is 10.1. The zero-order valence-electron chi connectivity index (χ0n) is 7.52. The van der Waals surface area contributed by atoms with E-state index in [1.165, 1.54) is 26.2 Å². The van der Waals surface area contributed by atoms with E-state index in [4.69, 9.17) is 9.94 Å². The van der Waals surface area contributed by atoms with Crippen LogP contribution in [0.25, 0.3) is 0 Å². The Morgan fingerprint density at radius 3 is 2.31 bits per heavy atom. The van der Waals surface area contributed by atoms with Gasteiger partial charge in [-0.1, -0.05) is 0 Å². The second-order valence-electron chi connectivity index (χ2n) is 2.51. The van der Waals surface area contributed by atoms with E-state index in [-0.39, 0.29) is 11.7 Å². The van der Waals surface area contributed by atoms with Crippen LogP contribution in [-0.2, 0) is 9.63 Å². The number of rotatable bonds is 2. The molecular formula is C9H11NO3. The van der Waals surface area contributed by atoms with E-state index in [0.717, 1.165) is 5.06 Å². The van der Waals surface area contributed by atoms with Gasteiger partial charge in [0.1, 0.15) is 5.75 Å². The van der Waals surface area contributed by atoms with Gasteiger partial charge in [-0.15, -0.1) is 0 Å². The first kappa shape index (κ1) is 9.54. The summed E-state index contributed by atoms with van der Waals surface area (Å²) in [7, 11) is 1.41. The van der Waals surface area contributed by atoms with E-state index in [2.05, 4.69) is 0 Å². The minimum Gasteiger partial charge on any atom is -0.508 e. The van der Waals surface area contributed by atoms with Crippen LogP contribution >= 0.6 is 0 Å². The monoisotopic (exact) mass is 181 g/mol. The molecule has 1 N–H and O–H groups in total. The smallest absolute Gasteiger partial charge is 0.247 e. The average Bonchev–Trinajstić information content (AvgIpc) is 2.09. The normalized spacial score (nSPS) is 9.69. The number of anilines is 1. The molecule has 1 amide bonds. The molecule has 1 aromatic carbocycles. The summed E-state index contributed by atoms with van der Waals surface area (Å²) < 4.78 is 0. The highest BCUT2D eigenvalue weighted by Gasteiger charge is 2.09. The highest BCUT2D eigenvalue weighted by Crippen LogP contribution is 2.18. The topological polar surface area (TPSA) is 49.8 Å². The molecule has 4 heteroatoms. The summed E-state index contributed by atoms with van der Waals surface area (Å²) in [4.78, 5) is 15.8. The molecule has 0 aromatic heterocycles. The van der Waals surface area contributed by atoms with Gasteiger partial charge in [0.25, 0.3) is 0 Å². The molecule has 0 aliphatic heterocycles. The lowest BCUT2D eigenvalue weighted by atomic mass is 10.3. The molecule has 0 saturated heterocycles. The number of amides is 1. The van der Waals surface area contributed by atoms with E-state index < -0.39 is 0 Å². The van der Waals surface area contributed by atoms with Crippen LogP contribution in [0.1, 0.15) is 6.92 Å². The number of aromatic hydroxyl groups is 1. The van der Waals surface area contributed by atoms with Gasteiger partial charge in [0, 0.05) is 6.92 Å². The van der Waals surface area contributed by atoms with Crippen molar-refractivity contribution in [2.75, 3.05) is 12.2 Å². The number of phenols is 1. The molecule has 13 heavy (non-hydrogen) atoms. The van der Waals surface area contributed by atoms with Gasteiger partial charge < -0.3 is 5.11 Å². The van der Waals surface area contributed by atoms with Gasteiger partial charge >= 0.3 is 0 Å². The summed E-state index contributed by atoms with van der Waals surface area (Å²) in [5.41, 5.74) is 0.591. The molecule has 70 valence electrons. The van der Waals surface area contributed by atoms with E-state index in [9.17, 15) is 4.79 Å². The third-order valence-corrected chi connectivity index (χ3v) is 1.55. The van der Waals surface area contributed by atoms with Crippen molar-refractivity contribution in [3.05, 3.63) is 24.3 Å². The first-order valence-corrected chi connectivity index (χ1v) is 3.79. The fourth-order valence-electron chi connectivity index (χ4n) is 1.00. The van der Waals surface area contributed by atoms with E-state index in [0.29, 0.717) is 5.69 Å². The molecule has 0 aliphatic rings. The van der Waals surface area contributed by atoms with Crippen molar-refractivity contribution in [3.8, 4) is 5.75 Å². The molecule has 0 fully saturated rings. The maximum Gasteiger partial charge on any atom is 0.247 e. The summed E-state index contributed by atoms with van der Waals surface area (Å²) in [6.07, 6.45) is 0. The molecule has 0 saturated carbocycles. The fraction of sp³-hybridized carbons (Fsp3) is 0.222. The zero-order valence-corrected chi connectivity index (χ0v) is 7.52. The van der Waals surface area contributed by atoms with Crippen molar-refractivity contribution in [2.45, 2.75) is 6.92 Å². The first-order valence-electron chi connectivity index (χ1n) is 3.79. The van der Waals surface area contributed by atoms with Crippen molar-refractivity contribution in [1.29, 1.82) is 0 Å². The lowest BCUT2D eigenvalue weighted by Crippen LogP contribution is -2.26. The highest BCUT2D eigenvalue weighted by atomic mass is 16.7. The third-order valence-electron chi connectivity index (χ3n) is 1.55. The molecule has 0 atom stereocenters. The third kappa shape index (κ3) is 2.19. The van der Waals surface area contributed by atoms with Crippen molar-refractivity contribution >= 4 is 11.6 Å².